The van der Waals surface area contributed by atoms with Gasteiger partial charge in [-0.15, -0.1) is 0 Å². The Balaban J connectivity index is 1.91. The summed E-state index contributed by atoms with van der Waals surface area (Å²) >= 11 is 0. The lowest BCUT2D eigenvalue weighted by atomic mass is 9.71. The van der Waals surface area contributed by atoms with Crippen molar-refractivity contribution in [2.24, 2.45) is 17.3 Å². The third-order valence-corrected chi connectivity index (χ3v) is 4.38. The van der Waals surface area contributed by atoms with Gasteiger partial charge in [-0.2, -0.15) is 0 Å². The second-order valence-corrected chi connectivity index (χ2v) is 7.01. The molecule has 2 aliphatic rings. The SMILES string of the molecule is CNC1COCC1C(=O)OC1CC(C)CC(C)(C)C1. The Kier molecular flexibility index (Phi) is 4.51. The van der Waals surface area contributed by atoms with E-state index in [4.69, 9.17) is 9.47 Å². The largest absolute Gasteiger partial charge is 0.462 e. The second-order valence-electron chi connectivity index (χ2n) is 7.01. The first kappa shape index (κ1) is 14.8. The van der Waals surface area contributed by atoms with Crippen molar-refractivity contribution in [1.29, 1.82) is 0 Å². The van der Waals surface area contributed by atoms with Crippen molar-refractivity contribution in [2.75, 3.05) is 20.3 Å². The fourth-order valence-electron chi connectivity index (χ4n) is 3.67. The molecule has 4 unspecified atom stereocenters. The molecule has 1 aliphatic carbocycles. The molecule has 4 heteroatoms. The molecule has 1 saturated carbocycles. The van der Waals surface area contributed by atoms with Gasteiger partial charge in [-0.25, -0.2) is 0 Å². The van der Waals surface area contributed by atoms with Gasteiger partial charge in [0.1, 0.15) is 6.10 Å². The fraction of sp³-hybridized carbons (Fsp3) is 0.933. The average Bonchev–Trinajstić information content (AvgIpc) is 2.73. The highest BCUT2D eigenvalue weighted by atomic mass is 16.5. The molecule has 19 heavy (non-hydrogen) atoms. The van der Waals surface area contributed by atoms with E-state index in [1.807, 2.05) is 7.05 Å². The van der Waals surface area contributed by atoms with Gasteiger partial charge in [0.2, 0.25) is 0 Å². The zero-order valence-electron chi connectivity index (χ0n) is 12.6. The molecule has 4 nitrogen and oxygen atoms in total. The Labute approximate surface area is 116 Å². The van der Waals surface area contributed by atoms with E-state index in [9.17, 15) is 4.79 Å². The summed E-state index contributed by atoms with van der Waals surface area (Å²) in [4.78, 5) is 12.3. The van der Waals surface area contributed by atoms with Gasteiger partial charge in [0.15, 0.2) is 0 Å². The molecule has 0 aromatic rings. The first-order chi connectivity index (χ1) is 8.91. The number of ether oxygens (including phenoxy) is 2. The van der Waals surface area contributed by atoms with Crippen LogP contribution in [0.4, 0.5) is 0 Å². The highest BCUT2D eigenvalue weighted by molar-refractivity contribution is 5.74. The monoisotopic (exact) mass is 269 g/mol. The summed E-state index contributed by atoms with van der Waals surface area (Å²) in [5.74, 6) is 0.388. The summed E-state index contributed by atoms with van der Waals surface area (Å²) in [6, 6.07) is 0.0986. The molecule has 0 amide bonds. The maximum atomic E-state index is 12.3. The van der Waals surface area contributed by atoms with Crippen molar-refractivity contribution in [1.82, 2.24) is 5.32 Å². The van der Waals surface area contributed by atoms with Crippen molar-refractivity contribution in [3.63, 3.8) is 0 Å². The van der Waals surface area contributed by atoms with Crippen molar-refractivity contribution in [3.8, 4) is 0 Å². The molecule has 0 aromatic carbocycles. The molecule has 1 saturated heterocycles. The van der Waals surface area contributed by atoms with Crippen LogP contribution in [0.2, 0.25) is 0 Å². The molecule has 110 valence electrons. The van der Waals surface area contributed by atoms with Crippen LogP contribution in [-0.4, -0.2) is 38.4 Å². The van der Waals surface area contributed by atoms with Gasteiger partial charge in [0.25, 0.3) is 0 Å². The minimum absolute atomic E-state index is 0.0735. The lowest BCUT2D eigenvalue weighted by molar-refractivity contribution is -0.158. The Morgan fingerprint density at radius 3 is 2.68 bits per heavy atom. The van der Waals surface area contributed by atoms with Crippen LogP contribution in [0.1, 0.15) is 40.0 Å². The molecule has 1 heterocycles. The summed E-state index contributed by atoms with van der Waals surface area (Å²) in [5.41, 5.74) is 0.275. The molecule has 1 N–H and O–H groups in total. The number of hydrogen-bond acceptors (Lipinski definition) is 4. The highest BCUT2D eigenvalue weighted by Gasteiger charge is 2.38. The first-order valence-electron chi connectivity index (χ1n) is 7.37. The van der Waals surface area contributed by atoms with Crippen LogP contribution >= 0.6 is 0 Å². The summed E-state index contributed by atoms with van der Waals surface area (Å²) < 4.78 is 11.1. The molecular formula is C15H27NO3. The van der Waals surface area contributed by atoms with E-state index in [-0.39, 0.29) is 29.4 Å². The van der Waals surface area contributed by atoms with Crippen molar-refractivity contribution in [3.05, 3.63) is 0 Å². The quantitative estimate of drug-likeness (QED) is 0.796. The number of likely N-dealkylation sites (N-methyl/N-ethyl adjacent to an activating group) is 1. The molecule has 0 bridgehead atoms. The predicted octanol–water partition coefficient (Wildman–Crippen LogP) is 1.98. The van der Waals surface area contributed by atoms with Crippen LogP contribution in [0.15, 0.2) is 0 Å². The van der Waals surface area contributed by atoms with Gasteiger partial charge in [0, 0.05) is 6.04 Å². The van der Waals surface area contributed by atoms with Crippen LogP contribution < -0.4 is 5.32 Å². The lowest BCUT2D eigenvalue weighted by Gasteiger charge is -2.38. The molecule has 1 aliphatic heterocycles. The van der Waals surface area contributed by atoms with Gasteiger partial charge >= 0.3 is 5.97 Å². The maximum Gasteiger partial charge on any atom is 0.313 e. The average molecular weight is 269 g/mol. The highest BCUT2D eigenvalue weighted by Crippen LogP contribution is 2.40. The molecule has 0 spiro atoms. The Hall–Kier alpha value is -0.610. The number of rotatable bonds is 3. The third kappa shape index (κ3) is 3.69. The second kappa shape index (κ2) is 5.80. The van der Waals surface area contributed by atoms with Gasteiger partial charge in [-0.3, -0.25) is 4.79 Å². The van der Waals surface area contributed by atoms with Crippen molar-refractivity contribution >= 4 is 5.97 Å². The summed E-state index contributed by atoms with van der Waals surface area (Å²) in [5, 5.41) is 3.13. The Morgan fingerprint density at radius 2 is 2.05 bits per heavy atom. The van der Waals surface area contributed by atoms with E-state index in [2.05, 4.69) is 26.1 Å². The number of carbonyl (C=O) groups excluding carboxylic acids is 1. The van der Waals surface area contributed by atoms with Crippen molar-refractivity contribution < 1.29 is 14.3 Å². The summed E-state index contributed by atoms with van der Waals surface area (Å²) in [6.07, 6.45) is 3.25. The number of carbonyl (C=O) groups is 1. The third-order valence-electron chi connectivity index (χ3n) is 4.38. The van der Waals surface area contributed by atoms with E-state index in [1.165, 1.54) is 6.42 Å². The first-order valence-corrected chi connectivity index (χ1v) is 7.37. The molecule has 0 radical (unpaired) electrons. The van der Waals surface area contributed by atoms with Crippen LogP contribution in [0.3, 0.4) is 0 Å². The molecule has 4 atom stereocenters. The summed E-state index contributed by atoms with van der Waals surface area (Å²) in [6.45, 7) is 7.85. The zero-order chi connectivity index (χ0) is 14.0. The Morgan fingerprint density at radius 1 is 1.32 bits per heavy atom. The topological polar surface area (TPSA) is 47.6 Å². The number of nitrogens with one attached hydrogen (secondary N) is 1. The van der Waals surface area contributed by atoms with Crippen LogP contribution in [0, 0.1) is 17.3 Å². The smallest absolute Gasteiger partial charge is 0.313 e. The van der Waals surface area contributed by atoms with Gasteiger partial charge < -0.3 is 14.8 Å². The standard InChI is InChI=1S/C15H27NO3/c1-10-5-11(7-15(2,3)6-10)19-14(17)12-8-18-9-13(12)16-4/h10-13,16H,5-9H2,1-4H3. The van der Waals surface area contributed by atoms with Crippen LogP contribution in [0.5, 0.6) is 0 Å². The Bertz CT molecular complexity index is 329. The number of esters is 1. The van der Waals surface area contributed by atoms with Gasteiger partial charge in [-0.05, 0) is 37.6 Å². The minimum Gasteiger partial charge on any atom is -0.462 e. The molecular weight excluding hydrogens is 242 g/mol. The number of hydrogen-bond donors (Lipinski definition) is 1. The van der Waals surface area contributed by atoms with Gasteiger partial charge in [-0.1, -0.05) is 20.8 Å². The van der Waals surface area contributed by atoms with E-state index >= 15 is 0 Å². The van der Waals surface area contributed by atoms with Crippen molar-refractivity contribution in [2.45, 2.75) is 52.2 Å². The van der Waals surface area contributed by atoms with E-state index in [1.54, 1.807) is 0 Å². The normalized spacial score (nSPS) is 38.1. The molecule has 2 fully saturated rings. The summed E-state index contributed by atoms with van der Waals surface area (Å²) in [7, 11) is 1.87. The van der Waals surface area contributed by atoms with Gasteiger partial charge in [0.05, 0.1) is 19.1 Å². The maximum absolute atomic E-state index is 12.3. The fourth-order valence-corrected chi connectivity index (χ4v) is 3.67. The van der Waals surface area contributed by atoms with Crippen LogP contribution in [0.25, 0.3) is 0 Å². The van der Waals surface area contributed by atoms with E-state index in [0.717, 1.165) is 12.8 Å². The zero-order valence-corrected chi connectivity index (χ0v) is 12.6. The molecule has 2 rings (SSSR count). The predicted molar refractivity (Wildman–Crippen MR) is 73.8 cm³/mol. The lowest BCUT2D eigenvalue weighted by Crippen LogP contribution is -2.41. The molecule has 0 aromatic heterocycles. The van der Waals surface area contributed by atoms with Crippen LogP contribution in [-0.2, 0) is 14.3 Å². The van der Waals surface area contributed by atoms with E-state index in [0.29, 0.717) is 19.1 Å². The minimum atomic E-state index is -0.148. The van der Waals surface area contributed by atoms with E-state index < -0.39 is 0 Å².